The zero-order valence-electron chi connectivity index (χ0n) is 14.1. The number of aryl methyl sites for hydroxylation is 1. The van der Waals surface area contributed by atoms with Crippen molar-refractivity contribution >= 4 is 33.8 Å². The minimum absolute atomic E-state index is 0.0420. The van der Waals surface area contributed by atoms with Crippen LogP contribution in [0.25, 0.3) is 22.1 Å². The topological polar surface area (TPSA) is 86.5 Å². The minimum atomic E-state index is 0.0420. The maximum atomic E-state index is 9.11. The largest absolute Gasteiger partial charge is 0.450 e. The molecule has 130 valence electrons. The van der Waals surface area contributed by atoms with Gasteiger partial charge in [-0.15, -0.1) is 0 Å². The summed E-state index contributed by atoms with van der Waals surface area (Å²) in [6, 6.07) is 6.61. The Morgan fingerprint density at radius 1 is 1.36 bits per heavy atom. The van der Waals surface area contributed by atoms with Crippen LogP contribution < -0.4 is 15.5 Å². The molecule has 5 rings (SSSR count). The quantitative estimate of drug-likeness (QED) is 0.664. The van der Waals surface area contributed by atoms with Gasteiger partial charge in [-0.2, -0.15) is 4.98 Å². The highest BCUT2D eigenvalue weighted by molar-refractivity contribution is 6.06. The third-order valence-electron chi connectivity index (χ3n) is 5.25. The Balaban J connectivity index is 1.69. The van der Waals surface area contributed by atoms with E-state index in [1.165, 1.54) is 5.56 Å². The second kappa shape index (κ2) is 5.57. The maximum Gasteiger partial charge on any atom is 0.225 e. The predicted octanol–water partition coefficient (Wildman–Crippen LogP) is 1.50. The third-order valence-corrected chi connectivity index (χ3v) is 5.25. The van der Waals surface area contributed by atoms with Gasteiger partial charge in [-0.1, -0.05) is 11.6 Å². The van der Waals surface area contributed by atoms with Crippen LogP contribution in [0.15, 0.2) is 22.6 Å². The van der Waals surface area contributed by atoms with Crippen LogP contribution in [0.2, 0.25) is 0 Å². The van der Waals surface area contributed by atoms with Crippen LogP contribution in [0.5, 0.6) is 0 Å². The smallest absolute Gasteiger partial charge is 0.225 e. The van der Waals surface area contributed by atoms with E-state index < -0.39 is 0 Å². The summed E-state index contributed by atoms with van der Waals surface area (Å²) in [4.78, 5) is 11.7. The second-order valence-corrected chi connectivity index (χ2v) is 6.94. The van der Waals surface area contributed by atoms with Crippen molar-refractivity contribution in [2.75, 3.05) is 43.0 Å². The molecular weight excluding hydrogens is 318 g/mol. The van der Waals surface area contributed by atoms with Crippen LogP contribution in [-0.2, 0) is 0 Å². The number of aliphatic hydroxyl groups is 1. The molecule has 2 aliphatic rings. The molecule has 2 aromatic heterocycles. The molecule has 3 aromatic rings. The van der Waals surface area contributed by atoms with Gasteiger partial charge in [0.05, 0.1) is 6.61 Å². The summed E-state index contributed by atoms with van der Waals surface area (Å²) < 4.78 is 6.14. The first-order chi connectivity index (χ1) is 12.2. The van der Waals surface area contributed by atoms with Crippen molar-refractivity contribution in [3.8, 4) is 0 Å². The molecule has 0 radical (unpaired) electrons. The van der Waals surface area contributed by atoms with E-state index in [1.54, 1.807) is 0 Å². The van der Waals surface area contributed by atoms with Crippen LogP contribution in [0.1, 0.15) is 5.56 Å². The minimum Gasteiger partial charge on any atom is -0.450 e. The number of aromatic nitrogens is 2. The fraction of sp³-hybridized carbons (Fsp3) is 0.444. The molecule has 0 saturated carbocycles. The summed E-state index contributed by atoms with van der Waals surface area (Å²) >= 11 is 0. The molecule has 0 amide bonds. The highest BCUT2D eigenvalue weighted by Gasteiger charge is 2.44. The Labute approximate surface area is 145 Å². The molecule has 1 aromatic carbocycles. The zero-order valence-corrected chi connectivity index (χ0v) is 14.1. The fourth-order valence-electron chi connectivity index (χ4n) is 3.95. The monoisotopic (exact) mass is 339 g/mol. The second-order valence-electron chi connectivity index (χ2n) is 6.94. The number of hydrogen-bond acceptors (Lipinski definition) is 7. The summed E-state index contributed by atoms with van der Waals surface area (Å²) in [6.45, 7) is 5.57. The zero-order chi connectivity index (χ0) is 17.0. The van der Waals surface area contributed by atoms with Crippen molar-refractivity contribution < 1.29 is 9.52 Å². The normalized spacial score (nSPS) is 22.4. The Morgan fingerprint density at radius 2 is 2.28 bits per heavy atom. The summed E-state index contributed by atoms with van der Waals surface area (Å²) in [7, 11) is 0. The molecule has 0 aliphatic carbocycles. The van der Waals surface area contributed by atoms with Crippen LogP contribution >= 0.6 is 0 Å². The van der Waals surface area contributed by atoms with Crippen LogP contribution in [-0.4, -0.2) is 53.9 Å². The van der Waals surface area contributed by atoms with Gasteiger partial charge in [0.15, 0.2) is 11.4 Å². The number of aliphatic hydroxyl groups excluding tert-OH is 1. The summed E-state index contributed by atoms with van der Waals surface area (Å²) in [6.07, 6.45) is 0. The lowest BCUT2D eigenvalue weighted by atomic mass is 9.92. The number of nitrogens with zero attached hydrogens (tertiary/aromatic N) is 3. The Morgan fingerprint density at radius 3 is 3.12 bits per heavy atom. The van der Waals surface area contributed by atoms with Gasteiger partial charge >= 0.3 is 0 Å². The molecule has 2 unspecified atom stereocenters. The third kappa shape index (κ3) is 2.26. The van der Waals surface area contributed by atoms with Gasteiger partial charge in [0.2, 0.25) is 5.95 Å². The van der Waals surface area contributed by atoms with E-state index in [2.05, 4.69) is 33.5 Å². The average Bonchev–Trinajstić information content (AvgIpc) is 3.14. The van der Waals surface area contributed by atoms with Crippen molar-refractivity contribution in [3.05, 3.63) is 23.8 Å². The molecule has 2 saturated heterocycles. The number of nitrogens with one attached hydrogen (secondary N) is 2. The summed E-state index contributed by atoms with van der Waals surface area (Å²) in [5.41, 5.74) is 3.58. The average molecular weight is 339 g/mol. The highest BCUT2D eigenvalue weighted by Crippen LogP contribution is 2.39. The summed E-state index contributed by atoms with van der Waals surface area (Å²) in [5, 5.41) is 16.7. The van der Waals surface area contributed by atoms with Crippen molar-refractivity contribution in [2.24, 2.45) is 5.92 Å². The van der Waals surface area contributed by atoms with E-state index in [0.29, 0.717) is 24.5 Å². The highest BCUT2D eigenvalue weighted by atomic mass is 16.3. The van der Waals surface area contributed by atoms with E-state index in [9.17, 15) is 0 Å². The molecule has 7 heteroatoms. The molecular formula is C18H21N5O2. The molecule has 4 heterocycles. The van der Waals surface area contributed by atoms with E-state index in [-0.39, 0.29) is 6.61 Å². The van der Waals surface area contributed by atoms with E-state index in [0.717, 1.165) is 47.5 Å². The molecule has 0 bridgehead atoms. The Bertz CT molecular complexity index is 953. The van der Waals surface area contributed by atoms with Gasteiger partial charge in [0.25, 0.3) is 0 Å². The lowest BCUT2D eigenvalue weighted by Gasteiger charge is -2.44. The Kier molecular flexibility index (Phi) is 3.33. The van der Waals surface area contributed by atoms with Gasteiger partial charge in [0, 0.05) is 43.5 Å². The molecule has 0 spiro atoms. The lowest BCUT2D eigenvalue weighted by Crippen LogP contribution is -2.56. The number of hydrogen-bond donors (Lipinski definition) is 3. The molecule has 7 nitrogen and oxygen atoms in total. The summed E-state index contributed by atoms with van der Waals surface area (Å²) in [5.74, 6) is 2.07. The first-order valence-corrected chi connectivity index (χ1v) is 8.77. The lowest BCUT2D eigenvalue weighted by molar-refractivity contribution is 0.310. The molecule has 25 heavy (non-hydrogen) atoms. The van der Waals surface area contributed by atoms with Crippen molar-refractivity contribution in [1.29, 1.82) is 0 Å². The fourth-order valence-corrected chi connectivity index (χ4v) is 3.95. The number of benzene rings is 1. The van der Waals surface area contributed by atoms with E-state index in [4.69, 9.17) is 14.5 Å². The van der Waals surface area contributed by atoms with E-state index in [1.807, 2.05) is 12.1 Å². The van der Waals surface area contributed by atoms with Gasteiger partial charge in [-0.05, 0) is 19.1 Å². The number of fused-ring (bicyclic) bond motifs is 4. The molecule has 2 atom stereocenters. The standard InChI is InChI=1S/C18H21N5O2/c1-10-2-3-14-12(6-10)15-16(25-14)17(22-18(21-15)20-4-5-24)23-9-11-7-19-8-13(11)23/h2-3,6,11,13,19,24H,4-5,7-9H2,1H3,(H,20,21,22). The SMILES string of the molecule is Cc1ccc2oc3c(N4CC5CNCC54)nc(NCCO)nc3c2c1. The van der Waals surface area contributed by atoms with Crippen LogP contribution in [0, 0.1) is 12.8 Å². The molecule has 2 fully saturated rings. The molecule has 3 N–H and O–H groups in total. The van der Waals surface area contributed by atoms with Gasteiger partial charge < -0.3 is 25.1 Å². The van der Waals surface area contributed by atoms with Crippen molar-refractivity contribution in [1.82, 2.24) is 15.3 Å². The first kappa shape index (κ1) is 14.9. The number of rotatable bonds is 4. The van der Waals surface area contributed by atoms with Gasteiger partial charge in [-0.3, -0.25) is 0 Å². The van der Waals surface area contributed by atoms with Gasteiger partial charge in [0.1, 0.15) is 11.1 Å². The number of furan rings is 1. The maximum absolute atomic E-state index is 9.11. The first-order valence-electron chi connectivity index (χ1n) is 8.77. The predicted molar refractivity (Wildman–Crippen MR) is 97.1 cm³/mol. The Hall–Kier alpha value is -2.38. The van der Waals surface area contributed by atoms with Gasteiger partial charge in [-0.25, -0.2) is 4.98 Å². The molecule has 2 aliphatic heterocycles. The van der Waals surface area contributed by atoms with Crippen molar-refractivity contribution in [2.45, 2.75) is 13.0 Å². The number of anilines is 2. The van der Waals surface area contributed by atoms with Crippen molar-refractivity contribution in [3.63, 3.8) is 0 Å². The van der Waals surface area contributed by atoms with Crippen LogP contribution in [0.3, 0.4) is 0 Å². The van der Waals surface area contributed by atoms with Crippen LogP contribution in [0.4, 0.5) is 11.8 Å². The van der Waals surface area contributed by atoms with E-state index >= 15 is 0 Å².